The van der Waals surface area contributed by atoms with E-state index in [1.807, 2.05) is 12.3 Å². The van der Waals surface area contributed by atoms with Gasteiger partial charge in [-0.1, -0.05) is 78.9 Å². The van der Waals surface area contributed by atoms with Crippen LogP contribution < -0.4 is 9.80 Å². The number of anilines is 4. The molecule has 0 unspecified atom stereocenters. The standard InChI is InChI=1S/C30H25N3/c1-5-15-25(16-6-1)32(26-17-7-2-8-18-26)30(29-23-13-14-24-31-29)33(27-19-9-3-10-20-27)28-21-11-4-12-22-28/h1-24,30H. The molecule has 0 atom stereocenters. The maximum absolute atomic E-state index is 4.84. The molecule has 4 aromatic carbocycles. The van der Waals surface area contributed by atoms with Crippen molar-refractivity contribution in [3.8, 4) is 0 Å². The van der Waals surface area contributed by atoms with Gasteiger partial charge in [-0.2, -0.15) is 0 Å². The highest BCUT2D eigenvalue weighted by Crippen LogP contribution is 2.42. The van der Waals surface area contributed by atoms with E-state index in [4.69, 9.17) is 4.98 Å². The largest absolute Gasteiger partial charge is 0.315 e. The molecule has 0 spiro atoms. The van der Waals surface area contributed by atoms with E-state index in [0.29, 0.717) is 0 Å². The monoisotopic (exact) mass is 427 g/mol. The predicted molar refractivity (Wildman–Crippen MR) is 137 cm³/mol. The molecule has 1 aromatic heterocycles. The molecule has 1 heterocycles. The number of para-hydroxylation sites is 4. The van der Waals surface area contributed by atoms with Gasteiger partial charge in [0, 0.05) is 28.9 Å². The highest BCUT2D eigenvalue weighted by Gasteiger charge is 2.31. The van der Waals surface area contributed by atoms with Crippen LogP contribution >= 0.6 is 0 Å². The summed E-state index contributed by atoms with van der Waals surface area (Å²) in [6.07, 6.45) is 1.64. The Kier molecular flexibility index (Phi) is 6.12. The van der Waals surface area contributed by atoms with Crippen molar-refractivity contribution in [3.05, 3.63) is 151 Å². The minimum atomic E-state index is -0.221. The zero-order valence-electron chi connectivity index (χ0n) is 18.3. The lowest BCUT2D eigenvalue weighted by molar-refractivity contribution is 0.683. The minimum Gasteiger partial charge on any atom is -0.315 e. The molecule has 0 aliphatic rings. The van der Waals surface area contributed by atoms with E-state index < -0.39 is 0 Å². The predicted octanol–water partition coefficient (Wildman–Crippen LogP) is 7.76. The maximum Gasteiger partial charge on any atom is 0.154 e. The Bertz CT molecular complexity index is 1080. The molecule has 3 heteroatoms. The van der Waals surface area contributed by atoms with E-state index in [1.165, 1.54) is 0 Å². The third kappa shape index (κ3) is 4.48. The number of hydrogen-bond acceptors (Lipinski definition) is 3. The molecular weight excluding hydrogens is 402 g/mol. The summed E-state index contributed by atoms with van der Waals surface area (Å²) in [7, 11) is 0. The first-order valence-corrected chi connectivity index (χ1v) is 11.1. The van der Waals surface area contributed by atoms with E-state index >= 15 is 0 Å². The fourth-order valence-electron chi connectivity index (χ4n) is 4.13. The van der Waals surface area contributed by atoms with Gasteiger partial charge in [0.05, 0.1) is 5.69 Å². The second kappa shape index (κ2) is 9.84. The van der Waals surface area contributed by atoms with Crippen LogP contribution in [0.5, 0.6) is 0 Å². The van der Waals surface area contributed by atoms with Crippen molar-refractivity contribution in [1.29, 1.82) is 0 Å². The SMILES string of the molecule is c1ccc(N(c2ccccc2)C(c2ccccn2)N(c2ccccc2)c2ccccc2)cc1. The van der Waals surface area contributed by atoms with E-state index in [1.54, 1.807) is 0 Å². The summed E-state index contributed by atoms with van der Waals surface area (Å²) >= 11 is 0. The maximum atomic E-state index is 4.84. The highest BCUT2D eigenvalue weighted by molar-refractivity contribution is 5.72. The molecular formula is C30H25N3. The number of rotatable bonds is 7. The van der Waals surface area contributed by atoms with Gasteiger partial charge in [-0.3, -0.25) is 4.98 Å². The molecule has 5 rings (SSSR count). The average Bonchev–Trinajstić information content (AvgIpc) is 2.91. The van der Waals surface area contributed by atoms with Crippen LogP contribution in [0.2, 0.25) is 0 Å². The minimum absolute atomic E-state index is 0.221. The number of nitrogens with zero attached hydrogens (tertiary/aromatic N) is 3. The third-order valence-electron chi connectivity index (χ3n) is 5.58. The van der Waals surface area contributed by atoms with Crippen LogP contribution in [0.1, 0.15) is 11.9 Å². The fourth-order valence-corrected chi connectivity index (χ4v) is 4.13. The second-order valence-corrected chi connectivity index (χ2v) is 7.71. The smallest absolute Gasteiger partial charge is 0.154 e. The average molecular weight is 428 g/mol. The molecule has 0 saturated heterocycles. The van der Waals surface area contributed by atoms with Crippen LogP contribution in [0.3, 0.4) is 0 Å². The Hall–Kier alpha value is -4.37. The summed E-state index contributed by atoms with van der Waals surface area (Å²) < 4.78 is 0. The fraction of sp³-hybridized carbons (Fsp3) is 0.0333. The molecule has 0 saturated carbocycles. The van der Waals surface area contributed by atoms with Gasteiger partial charge in [-0.05, 0) is 60.7 Å². The molecule has 0 aliphatic carbocycles. The summed E-state index contributed by atoms with van der Waals surface area (Å²) in [5.41, 5.74) is 5.33. The van der Waals surface area contributed by atoms with Gasteiger partial charge in [0.15, 0.2) is 6.17 Å². The van der Waals surface area contributed by atoms with Crippen LogP contribution in [-0.2, 0) is 0 Å². The Morgan fingerprint density at radius 3 is 1.03 bits per heavy atom. The van der Waals surface area contributed by atoms with Gasteiger partial charge in [-0.15, -0.1) is 0 Å². The normalized spacial score (nSPS) is 10.7. The van der Waals surface area contributed by atoms with Crippen LogP contribution in [0.15, 0.2) is 146 Å². The lowest BCUT2D eigenvalue weighted by Gasteiger charge is -2.42. The molecule has 0 bridgehead atoms. The van der Waals surface area contributed by atoms with Crippen LogP contribution in [0.4, 0.5) is 22.7 Å². The first-order chi connectivity index (χ1) is 16.4. The van der Waals surface area contributed by atoms with E-state index in [0.717, 1.165) is 28.4 Å². The van der Waals surface area contributed by atoms with Crippen molar-refractivity contribution < 1.29 is 0 Å². The lowest BCUT2D eigenvalue weighted by Crippen LogP contribution is -2.37. The molecule has 3 nitrogen and oxygen atoms in total. The zero-order chi connectivity index (χ0) is 22.3. The van der Waals surface area contributed by atoms with Gasteiger partial charge >= 0.3 is 0 Å². The topological polar surface area (TPSA) is 19.4 Å². The van der Waals surface area contributed by atoms with Crippen molar-refractivity contribution >= 4 is 22.7 Å². The van der Waals surface area contributed by atoms with Crippen molar-refractivity contribution in [3.63, 3.8) is 0 Å². The van der Waals surface area contributed by atoms with Crippen LogP contribution in [0.25, 0.3) is 0 Å². The number of aromatic nitrogens is 1. The lowest BCUT2D eigenvalue weighted by atomic mass is 10.1. The Labute approximate surface area is 195 Å². The van der Waals surface area contributed by atoms with Crippen molar-refractivity contribution in [2.75, 3.05) is 9.80 Å². The van der Waals surface area contributed by atoms with Crippen molar-refractivity contribution in [2.45, 2.75) is 6.17 Å². The van der Waals surface area contributed by atoms with Crippen molar-refractivity contribution in [1.82, 2.24) is 4.98 Å². The van der Waals surface area contributed by atoms with Gasteiger partial charge in [-0.25, -0.2) is 0 Å². The molecule has 160 valence electrons. The Morgan fingerprint density at radius 1 is 0.394 bits per heavy atom. The molecule has 0 N–H and O–H groups in total. The first kappa shape index (κ1) is 20.5. The van der Waals surface area contributed by atoms with Crippen LogP contribution in [-0.4, -0.2) is 4.98 Å². The second-order valence-electron chi connectivity index (χ2n) is 7.71. The van der Waals surface area contributed by atoms with Crippen LogP contribution in [0, 0.1) is 0 Å². The number of pyridine rings is 1. The molecule has 0 amide bonds. The van der Waals surface area contributed by atoms with Gasteiger partial charge in [0.2, 0.25) is 0 Å². The molecule has 33 heavy (non-hydrogen) atoms. The Balaban J connectivity index is 1.79. The number of benzene rings is 4. The third-order valence-corrected chi connectivity index (χ3v) is 5.58. The van der Waals surface area contributed by atoms with Crippen molar-refractivity contribution in [2.24, 2.45) is 0 Å². The summed E-state index contributed by atoms with van der Waals surface area (Å²) in [6.45, 7) is 0. The quantitative estimate of drug-likeness (QED) is 0.247. The van der Waals surface area contributed by atoms with Gasteiger partial charge in [0.25, 0.3) is 0 Å². The zero-order valence-corrected chi connectivity index (χ0v) is 18.3. The summed E-state index contributed by atoms with van der Waals surface area (Å²) in [4.78, 5) is 9.54. The first-order valence-electron chi connectivity index (χ1n) is 11.1. The van der Waals surface area contributed by atoms with E-state index in [9.17, 15) is 0 Å². The molecule has 0 aliphatic heterocycles. The number of hydrogen-bond donors (Lipinski definition) is 0. The van der Waals surface area contributed by atoms with Gasteiger partial charge < -0.3 is 9.80 Å². The van der Waals surface area contributed by atoms with E-state index in [2.05, 4.69) is 143 Å². The molecule has 0 fully saturated rings. The van der Waals surface area contributed by atoms with E-state index in [-0.39, 0.29) is 6.17 Å². The van der Waals surface area contributed by atoms with Gasteiger partial charge in [0.1, 0.15) is 0 Å². The summed E-state index contributed by atoms with van der Waals surface area (Å²) in [5.74, 6) is 0. The Morgan fingerprint density at radius 2 is 0.727 bits per heavy atom. The summed E-state index contributed by atoms with van der Waals surface area (Å²) in [5, 5.41) is 0. The molecule has 0 radical (unpaired) electrons. The highest BCUT2D eigenvalue weighted by atomic mass is 15.4. The molecule has 5 aromatic rings. The summed E-state index contributed by atoms with van der Waals surface area (Å²) in [6, 6.07) is 48.2.